The fraction of sp³-hybridized carbons (Fsp3) is 0.429. The smallest absolute Gasteiger partial charge is 0.146 e. The average molecular weight is 374 g/mol. The van der Waals surface area contributed by atoms with Crippen molar-refractivity contribution in [3.63, 3.8) is 0 Å². The van der Waals surface area contributed by atoms with Gasteiger partial charge in [-0.3, -0.25) is 0 Å². The molecule has 3 N–H and O–H groups in total. The van der Waals surface area contributed by atoms with E-state index < -0.39 is 0 Å². The van der Waals surface area contributed by atoms with Gasteiger partial charge in [-0.1, -0.05) is 59.2 Å². The zero-order chi connectivity index (χ0) is 19.6. The zero-order valence-electron chi connectivity index (χ0n) is 16.3. The molecule has 0 aliphatic heterocycles. The summed E-state index contributed by atoms with van der Waals surface area (Å²) in [7, 11) is 0. The minimum atomic E-state index is -0.0667. The van der Waals surface area contributed by atoms with Crippen LogP contribution < -0.4 is 5.73 Å². The zero-order valence-corrected chi connectivity index (χ0v) is 17.1. The number of aromatic hydroxyl groups is 1. The Bertz CT molecular complexity index is 823. The first kappa shape index (κ1) is 20.2. The molecule has 2 rings (SSSR count). The minimum absolute atomic E-state index is 0.0667. The lowest BCUT2D eigenvalue weighted by Gasteiger charge is -2.24. The highest BCUT2D eigenvalue weighted by Gasteiger charge is 2.22. The topological polar surface area (TPSA) is 71.0 Å². The van der Waals surface area contributed by atoms with Crippen LogP contribution in [-0.2, 0) is 5.41 Å². The Morgan fingerprint density at radius 3 is 2.15 bits per heavy atom. The number of nitrogens with two attached hydrogens (primary N) is 1. The van der Waals surface area contributed by atoms with Gasteiger partial charge in [0.2, 0.25) is 0 Å². The summed E-state index contributed by atoms with van der Waals surface area (Å²) in [6, 6.07) is 9.03. The van der Waals surface area contributed by atoms with Crippen molar-refractivity contribution in [3.8, 4) is 5.75 Å². The van der Waals surface area contributed by atoms with Crippen LogP contribution in [-0.4, -0.2) is 5.11 Å². The summed E-state index contributed by atoms with van der Waals surface area (Å²) in [5.74, 6) is 0.773. The van der Waals surface area contributed by atoms with E-state index in [1.807, 2.05) is 6.07 Å². The highest BCUT2D eigenvalue weighted by Crippen LogP contribution is 2.42. The van der Waals surface area contributed by atoms with Crippen LogP contribution in [0.2, 0.25) is 5.02 Å². The van der Waals surface area contributed by atoms with Gasteiger partial charge in [0.15, 0.2) is 0 Å². The molecule has 0 bridgehead atoms. The maximum absolute atomic E-state index is 10.8. The van der Waals surface area contributed by atoms with Crippen molar-refractivity contribution in [3.05, 3.63) is 46.5 Å². The van der Waals surface area contributed by atoms with Gasteiger partial charge < -0.3 is 10.8 Å². The van der Waals surface area contributed by atoms with Crippen LogP contribution in [0.15, 0.2) is 40.6 Å². The Hall–Kier alpha value is -2.07. The van der Waals surface area contributed by atoms with Crippen LogP contribution in [0.1, 0.15) is 58.6 Å². The molecule has 2 aromatic rings. The van der Waals surface area contributed by atoms with Gasteiger partial charge in [0.25, 0.3) is 0 Å². The number of phenols is 1. The number of hydrogen-bond donors (Lipinski definition) is 2. The maximum Gasteiger partial charge on any atom is 0.146 e. The fourth-order valence-electron chi connectivity index (χ4n) is 2.58. The number of rotatable bonds is 4. The Morgan fingerprint density at radius 2 is 1.62 bits per heavy atom. The molecule has 0 fully saturated rings. The van der Waals surface area contributed by atoms with E-state index in [1.165, 1.54) is 0 Å². The molecule has 1 unspecified atom stereocenters. The second-order valence-corrected chi connectivity index (χ2v) is 8.56. The molecule has 140 valence electrons. The molecule has 5 heteroatoms. The summed E-state index contributed by atoms with van der Waals surface area (Å²) in [5, 5.41) is 19.9. The molecule has 4 nitrogen and oxygen atoms in total. The highest BCUT2D eigenvalue weighted by atomic mass is 35.5. The van der Waals surface area contributed by atoms with Gasteiger partial charge in [0, 0.05) is 5.02 Å². The first-order valence-corrected chi connectivity index (χ1v) is 9.22. The number of nitrogen functional groups attached to an aromatic ring is 1. The molecule has 2 aromatic carbocycles. The largest absolute Gasteiger partial charge is 0.505 e. The van der Waals surface area contributed by atoms with Crippen molar-refractivity contribution >= 4 is 28.7 Å². The number of anilines is 1. The molecule has 0 aliphatic carbocycles. The van der Waals surface area contributed by atoms with Crippen LogP contribution in [0.3, 0.4) is 0 Å². The van der Waals surface area contributed by atoms with Gasteiger partial charge in [0.1, 0.15) is 17.1 Å². The standard InChI is InChI=1S/C21H28ClN3O/c1-12(2)13(3)16-9-14(21(4,5)6)10-19(20(16)26)25-24-18-8-7-15(22)11-17(18)23/h7-13,26H,23H2,1-6H3. The molecule has 0 saturated heterocycles. The molecule has 0 radical (unpaired) electrons. The summed E-state index contributed by atoms with van der Waals surface area (Å²) in [6.45, 7) is 12.8. The van der Waals surface area contributed by atoms with Gasteiger partial charge in [-0.05, 0) is 52.6 Å². The van der Waals surface area contributed by atoms with Crippen molar-refractivity contribution in [2.75, 3.05) is 5.73 Å². The van der Waals surface area contributed by atoms with Crippen LogP contribution >= 0.6 is 11.6 Å². The van der Waals surface area contributed by atoms with E-state index in [9.17, 15) is 5.11 Å². The van der Waals surface area contributed by atoms with Crippen molar-refractivity contribution in [2.45, 2.75) is 52.9 Å². The maximum atomic E-state index is 10.8. The molecule has 0 spiro atoms. The number of azo groups is 1. The summed E-state index contributed by atoms with van der Waals surface area (Å²) in [4.78, 5) is 0. The Balaban J connectivity index is 2.56. The van der Waals surface area contributed by atoms with E-state index in [0.717, 1.165) is 11.1 Å². The predicted octanol–water partition coefficient (Wildman–Crippen LogP) is 7.10. The normalized spacial score (nSPS) is 13.5. The SMILES string of the molecule is CC(C)C(C)c1cc(C(C)(C)C)cc(N=Nc2ccc(Cl)cc2N)c1O. The third-order valence-corrected chi connectivity index (χ3v) is 4.97. The van der Waals surface area contributed by atoms with Crippen LogP contribution in [0.25, 0.3) is 0 Å². The highest BCUT2D eigenvalue weighted by molar-refractivity contribution is 6.31. The Labute approximate surface area is 161 Å². The van der Waals surface area contributed by atoms with Gasteiger partial charge >= 0.3 is 0 Å². The van der Waals surface area contributed by atoms with Crippen LogP contribution in [0, 0.1) is 5.92 Å². The number of hydrogen-bond acceptors (Lipinski definition) is 4. The van der Waals surface area contributed by atoms with Crippen molar-refractivity contribution in [1.29, 1.82) is 0 Å². The monoisotopic (exact) mass is 373 g/mol. The van der Waals surface area contributed by atoms with Crippen LogP contribution in [0.5, 0.6) is 5.75 Å². The average Bonchev–Trinajstić information content (AvgIpc) is 2.53. The van der Waals surface area contributed by atoms with Crippen molar-refractivity contribution < 1.29 is 5.11 Å². The summed E-state index contributed by atoms with van der Waals surface area (Å²) < 4.78 is 0. The van der Waals surface area contributed by atoms with E-state index in [0.29, 0.717) is 28.0 Å². The van der Waals surface area contributed by atoms with E-state index in [2.05, 4.69) is 57.8 Å². The molecule has 26 heavy (non-hydrogen) atoms. The number of phenolic OH excluding ortho intramolecular Hbond substituents is 1. The second kappa shape index (κ2) is 7.67. The first-order valence-electron chi connectivity index (χ1n) is 8.85. The van der Waals surface area contributed by atoms with E-state index in [-0.39, 0.29) is 17.1 Å². The molecule has 0 saturated carbocycles. The minimum Gasteiger partial charge on any atom is -0.505 e. The van der Waals surface area contributed by atoms with Crippen molar-refractivity contribution in [2.24, 2.45) is 16.1 Å². The van der Waals surface area contributed by atoms with E-state index in [4.69, 9.17) is 17.3 Å². The Kier molecular flexibility index (Phi) is 5.97. The summed E-state index contributed by atoms with van der Waals surface area (Å²) >= 11 is 5.92. The first-order chi connectivity index (χ1) is 12.0. The quantitative estimate of drug-likeness (QED) is 0.443. The molecule has 0 aromatic heterocycles. The lowest BCUT2D eigenvalue weighted by atomic mass is 9.82. The van der Waals surface area contributed by atoms with Crippen LogP contribution in [0.4, 0.5) is 17.1 Å². The van der Waals surface area contributed by atoms with E-state index >= 15 is 0 Å². The second-order valence-electron chi connectivity index (χ2n) is 8.12. The van der Waals surface area contributed by atoms with E-state index in [1.54, 1.807) is 18.2 Å². The lowest BCUT2D eigenvalue weighted by molar-refractivity contribution is 0.445. The fourth-order valence-corrected chi connectivity index (χ4v) is 2.76. The van der Waals surface area contributed by atoms with Gasteiger partial charge in [-0.15, -0.1) is 10.2 Å². The van der Waals surface area contributed by atoms with Crippen molar-refractivity contribution in [1.82, 2.24) is 0 Å². The number of benzene rings is 2. The third kappa shape index (κ3) is 4.55. The molecule has 0 aliphatic rings. The molecular weight excluding hydrogens is 346 g/mol. The molecule has 1 atom stereocenters. The summed E-state index contributed by atoms with van der Waals surface area (Å²) in [5.41, 5.74) is 9.30. The predicted molar refractivity (Wildman–Crippen MR) is 110 cm³/mol. The number of nitrogens with zero attached hydrogens (tertiary/aromatic N) is 2. The lowest BCUT2D eigenvalue weighted by Crippen LogP contribution is -2.13. The third-order valence-electron chi connectivity index (χ3n) is 4.73. The number of halogens is 1. The molecule has 0 amide bonds. The Morgan fingerprint density at radius 1 is 1.00 bits per heavy atom. The summed E-state index contributed by atoms with van der Waals surface area (Å²) in [6.07, 6.45) is 0. The molecular formula is C21H28ClN3O. The van der Waals surface area contributed by atoms with Gasteiger partial charge in [-0.2, -0.15) is 0 Å². The van der Waals surface area contributed by atoms with Gasteiger partial charge in [-0.25, -0.2) is 0 Å². The van der Waals surface area contributed by atoms with Gasteiger partial charge in [0.05, 0.1) is 5.69 Å². The molecule has 0 heterocycles.